The highest BCUT2D eigenvalue weighted by Crippen LogP contribution is 2.34. The molecule has 154 valence electrons. The minimum absolute atomic E-state index is 0.0902. The number of nitrogens with zero attached hydrogens (tertiary/aromatic N) is 5. The Hall–Kier alpha value is -3.49. The van der Waals surface area contributed by atoms with Gasteiger partial charge in [0, 0.05) is 53.1 Å². The Morgan fingerprint density at radius 3 is 2.97 bits per heavy atom. The van der Waals surface area contributed by atoms with Crippen molar-refractivity contribution < 1.29 is 4.79 Å². The molecule has 4 heterocycles. The molecular formula is C21H24N8O. The van der Waals surface area contributed by atoms with Crippen LogP contribution in [0.5, 0.6) is 0 Å². The third kappa shape index (κ3) is 3.16. The van der Waals surface area contributed by atoms with E-state index in [0.717, 1.165) is 46.5 Å². The SMILES string of the molecule is CCC(=O)NC1(C)CC(Nc2ncc3c(-c4ccc5nnc(C)n5c4)c[nH]c3n2)C1. The highest BCUT2D eigenvalue weighted by Gasteiger charge is 2.41. The molecule has 30 heavy (non-hydrogen) atoms. The van der Waals surface area contributed by atoms with Crippen LogP contribution in [0.3, 0.4) is 0 Å². The first-order valence-corrected chi connectivity index (χ1v) is 10.2. The minimum atomic E-state index is -0.145. The number of aromatic amines is 1. The second kappa shape index (κ2) is 6.79. The zero-order valence-corrected chi connectivity index (χ0v) is 17.2. The van der Waals surface area contributed by atoms with Gasteiger partial charge in [0.2, 0.25) is 11.9 Å². The van der Waals surface area contributed by atoms with E-state index < -0.39 is 0 Å². The Kier molecular flexibility index (Phi) is 4.19. The molecule has 4 aromatic rings. The molecule has 9 heteroatoms. The van der Waals surface area contributed by atoms with Crippen molar-refractivity contribution >= 4 is 28.5 Å². The molecule has 0 atom stereocenters. The lowest BCUT2D eigenvalue weighted by molar-refractivity contribution is -0.123. The number of pyridine rings is 1. The second-order valence-corrected chi connectivity index (χ2v) is 8.26. The van der Waals surface area contributed by atoms with E-state index in [1.165, 1.54) is 0 Å². The number of nitrogens with one attached hydrogen (secondary N) is 3. The maximum absolute atomic E-state index is 11.7. The van der Waals surface area contributed by atoms with E-state index in [1.807, 2.05) is 49.0 Å². The molecular weight excluding hydrogens is 380 g/mol. The molecule has 0 radical (unpaired) electrons. The van der Waals surface area contributed by atoms with E-state index in [-0.39, 0.29) is 17.5 Å². The summed E-state index contributed by atoms with van der Waals surface area (Å²) in [5.74, 6) is 1.53. The predicted molar refractivity (Wildman–Crippen MR) is 114 cm³/mol. The number of fused-ring (bicyclic) bond motifs is 2. The lowest BCUT2D eigenvalue weighted by Gasteiger charge is -2.45. The predicted octanol–water partition coefficient (Wildman–Crippen LogP) is 2.84. The van der Waals surface area contributed by atoms with E-state index >= 15 is 0 Å². The summed E-state index contributed by atoms with van der Waals surface area (Å²) in [4.78, 5) is 24.1. The number of aryl methyl sites for hydroxylation is 1. The summed E-state index contributed by atoms with van der Waals surface area (Å²) in [6.07, 6.45) is 8.04. The largest absolute Gasteiger partial charge is 0.351 e. The number of aromatic nitrogens is 6. The first-order valence-electron chi connectivity index (χ1n) is 10.2. The summed E-state index contributed by atoms with van der Waals surface area (Å²) < 4.78 is 1.97. The third-order valence-electron chi connectivity index (χ3n) is 5.81. The monoisotopic (exact) mass is 404 g/mol. The van der Waals surface area contributed by atoms with Crippen molar-refractivity contribution in [3.63, 3.8) is 0 Å². The summed E-state index contributed by atoms with van der Waals surface area (Å²) in [5, 5.41) is 15.7. The van der Waals surface area contributed by atoms with Gasteiger partial charge in [-0.05, 0) is 38.8 Å². The van der Waals surface area contributed by atoms with Gasteiger partial charge in [0.1, 0.15) is 11.5 Å². The van der Waals surface area contributed by atoms with Crippen molar-refractivity contribution in [2.45, 2.75) is 51.6 Å². The van der Waals surface area contributed by atoms with Gasteiger partial charge in [-0.1, -0.05) is 6.92 Å². The van der Waals surface area contributed by atoms with Crippen molar-refractivity contribution in [2.75, 3.05) is 5.32 Å². The molecule has 1 aliphatic rings. The van der Waals surface area contributed by atoms with Crippen LogP contribution in [0, 0.1) is 6.92 Å². The van der Waals surface area contributed by atoms with Gasteiger partial charge in [-0.15, -0.1) is 10.2 Å². The van der Waals surface area contributed by atoms with Crippen molar-refractivity contribution in [1.29, 1.82) is 0 Å². The number of hydrogen-bond donors (Lipinski definition) is 3. The lowest BCUT2D eigenvalue weighted by atomic mass is 9.74. The smallest absolute Gasteiger partial charge is 0.224 e. The molecule has 0 saturated heterocycles. The van der Waals surface area contributed by atoms with E-state index in [4.69, 9.17) is 0 Å². The van der Waals surface area contributed by atoms with Crippen LogP contribution in [-0.2, 0) is 4.79 Å². The van der Waals surface area contributed by atoms with Crippen LogP contribution >= 0.6 is 0 Å². The maximum atomic E-state index is 11.7. The zero-order chi connectivity index (χ0) is 20.9. The number of anilines is 1. The fraction of sp³-hybridized carbons (Fsp3) is 0.381. The molecule has 9 nitrogen and oxygen atoms in total. The van der Waals surface area contributed by atoms with E-state index in [1.54, 1.807) is 0 Å². The maximum Gasteiger partial charge on any atom is 0.224 e. The van der Waals surface area contributed by atoms with Gasteiger partial charge in [-0.25, -0.2) is 4.98 Å². The molecule has 0 aliphatic heterocycles. The molecule has 4 aromatic heterocycles. The highest BCUT2D eigenvalue weighted by molar-refractivity contribution is 5.93. The number of carbonyl (C=O) groups is 1. The fourth-order valence-electron chi connectivity index (χ4n) is 4.22. The van der Waals surface area contributed by atoms with Crippen LogP contribution < -0.4 is 10.6 Å². The highest BCUT2D eigenvalue weighted by atomic mass is 16.1. The molecule has 0 aromatic carbocycles. The first-order chi connectivity index (χ1) is 14.4. The van der Waals surface area contributed by atoms with Gasteiger partial charge in [-0.3, -0.25) is 9.20 Å². The fourth-order valence-corrected chi connectivity index (χ4v) is 4.22. The number of rotatable bonds is 5. The summed E-state index contributed by atoms with van der Waals surface area (Å²) >= 11 is 0. The van der Waals surface area contributed by atoms with E-state index in [2.05, 4.69) is 42.7 Å². The third-order valence-corrected chi connectivity index (χ3v) is 5.81. The molecule has 0 unspecified atom stereocenters. The average Bonchev–Trinajstić information content (AvgIpc) is 3.29. The Morgan fingerprint density at radius 2 is 2.17 bits per heavy atom. The summed E-state index contributed by atoms with van der Waals surface area (Å²) in [6, 6.07) is 4.23. The molecule has 0 bridgehead atoms. The van der Waals surface area contributed by atoms with Crippen LogP contribution in [0.25, 0.3) is 27.8 Å². The minimum Gasteiger partial charge on any atom is -0.351 e. The van der Waals surface area contributed by atoms with Gasteiger partial charge in [0.15, 0.2) is 5.65 Å². The Bertz CT molecular complexity index is 1250. The van der Waals surface area contributed by atoms with E-state index in [9.17, 15) is 4.79 Å². The lowest BCUT2D eigenvalue weighted by Crippen LogP contribution is -2.59. The topological polar surface area (TPSA) is 113 Å². The summed E-state index contributed by atoms with van der Waals surface area (Å²) in [6.45, 7) is 5.87. The second-order valence-electron chi connectivity index (χ2n) is 8.26. The Balaban J connectivity index is 1.34. The van der Waals surface area contributed by atoms with Crippen molar-refractivity contribution in [3.05, 3.63) is 36.5 Å². The van der Waals surface area contributed by atoms with Crippen molar-refractivity contribution in [3.8, 4) is 11.1 Å². The van der Waals surface area contributed by atoms with Crippen molar-refractivity contribution in [2.24, 2.45) is 0 Å². The molecule has 1 saturated carbocycles. The molecule has 0 spiro atoms. The standard InChI is InChI=1S/C21H24N8O/c1-4-18(30)26-21(3)7-14(8-21)24-20-23-10-16-15(9-22-19(16)25-20)13-5-6-17-28-27-12(2)29(17)11-13/h5-6,9-11,14H,4,7-8H2,1-3H3,(H,26,30)(H2,22,23,24,25). The molecule has 1 aliphatic carbocycles. The Labute approximate surface area is 173 Å². The van der Waals surface area contributed by atoms with Crippen molar-refractivity contribution in [1.82, 2.24) is 34.9 Å². The van der Waals surface area contributed by atoms with Crippen LogP contribution in [-0.4, -0.2) is 47.0 Å². The van der Waals surface area contributed by atoms with Gasteiger partial charge in [-0.2, -0.15) is 4.98 Å². The normalized spacial score (nSPS) is 21.0. The molecule has 1 fully saturated rings. The zero-order valence-electron chi connectivity index (χ0n) is 17.2. The Morgan fingerprint density at radius 1 is 1.33 bits per heavy atom. The van der Waals surface area contributed by atoms with Crippen LogP contribution in [0.15, 0.2) is 30.7 Å². The number of amides is 1. The van der Waals surface area contributed by atoms with Gasteiger partial charge in [0.05, 0.1) is 0 Å². The molecule has 1 amide bonds. The average molecular weight is 404 g/mol. The summed E-state index contributed by atoms with van der Waals surface area (Å²) in [7, 11) is 0. The number of carbonyl (C=O) groups excluding carboxylic acids is 1. The first kappa shape index (κ1) is 18.5. The quantitative estimate of drug-likeness (QED) is 0.471. The van der Waals surface area contributed by atoms with Gasteiger partial charge >= 0.3 is 0 Å². The number of hydrogen-bond acceptors (Lipinski definition) is 6. The van der Waals surface area contributed by atoms with Gasteiger partial charge in [0.25, 0.3) is 0 Å². The number of H-pyrrole nitrogens is 1. The van der Waals surface area contributed by atoms with E-state index in [0.29, 0.717) is 12.4 Å². The molecule has 5 rings (SSSR count). The summed E-state index contributed by atoms with van der Waals surface area (Å²) in [5.41, 5.74) is 3.53. The van der Waals surface area contributed by atoms with Crippen LogP contribution in [0.2, 0.25) is 0 Å². The van der Waals surface area contributed by atoms with Gasteiger partial charge < -0.3 is 15.6 Å². The molecule has 3 N–H and O–H groups in total. The van der Waals surface area contributed by atoms with Crippen LogP contribution in [0.4, 0.5) is 5.95 Å². The van der Waals surface area contributed by atoms with Crippen LogP contribution in [0.1, 0.15) is 38.9 Å².